The summed E-state index contributed by atoms with van der Waals surface area (Å²) < 4.78 is 0. The van der Waals surface area contributed by atoms with E-state index in [1.54, 1.807) is 12.4 Å². The first-order valence-electron chi connectivity index (χ1n) is 10.6. The average Bonchev–Trinajstić information content (AvgIpc) is 3.30. The fraction of sp³-hybridized carbons (Fsp3) is 0. The Bertz CT molecular complexity index is 1270. The summed E-state index contributed by atoms with van der Waals surface area (Å²) in [4.78, 5) is 22.0. The number of aromatic nitrogens is 4. The van der Waals surface area contributed by atoms with Crippen LogP contribution in [-0.2, 0) is 20.1 Å². The largest absolute Gasteiger partial charge is 0.403 e. The number of hydrogen-bond acceptors (Lipinski definition) is 6. The van der Waals surface area contributed by atoms with Crippen LogP contribution >= 0.6 is 0 Å². The van der Waals surface area contributed by atoms with Crippen LogP contribution in [0.15, 0.2) is 110 Å². The zero-order valence-electron chi connectivity index (χ0n) is 18.0. The maximum absolute atomic E-state index is 4.73. The first kappa shape index (κ1) is 22.0. The fourth-order valence-corrected chi connectivity index (χ4v) is 3.94. The summed E-state index contributed by atoms with van der Waals surface area (Å²) in [5.41, 5.74) is 6.26. The number of pyridine rings is 4. The molecular formula is C26H18BIrN6. The van der Waals surface area contributed by atoms with Crippen molar-refractivity contribution in [2.75, 3.05) is 9.62 Å². The number of para-hydroxylation sites is 2. The Morgan fingerprint density at radius 3 is 1.35 bits per heavy atom. The molecule has 8 heteroatoms. The second kappa shape index (κ2) is 9.55. The van der Waals surface area contributed by atoms with Crippen molar-refractivity contribution in [1.82, 2.24) is 19.9 Å². The van der Waals surface area contributed by atoms with E-state index in [4.69, 9.17) is 9.97 Å². The number of nitrogens with zero attached hydrogens (tertiary/aromatic N) is 6. The molecule has 0 saturated carbocycles. The summed E-state index contributed by atoms with van der Waals surface area (Å²) in [5, 5.41) is 0. The second-order valence-electron chi connectivity index (χ2n) is 7.64. The molecule has 0 amide bonds. The molecule has 4 aromatic heterocycles. The Balaban J connectivity index is 0.00000241. The summed E-state index contributed by atoms with van der Waals surface area (Å²) in [6, 6.07) is 24.4. The topological polar surface area (TPSA) is 58.0 Å². The quantitative estimate of drug-likeness (QED) is 0.251. The van der Waals surface area contributed by atoms with Crippen LogP contribution in [-0.4, -0.2) is 27.5 Å². The molecule has 5 heterocycles. The molecule has 0 aliphatic carbocycles. The second-order valence-corrected chi connectivity index (χ2v) is 7.64. The van der Waals surface area contributed by atoms with E-state index < -0.39 is 0 Å². The van der Waals surface area contributed by atoms with Crippen molar-refractivity contribution in [2.45, 2.75) is 0 Å². The summed E-state index contributed by atoms with van der Waals surface area (Å²) in [5.74, 6) is 1.68. The van der Waals surface area contributed by atoms with Crippen LogP contribution in [0.4, 0.5) is 23.0 Å². The van der Waals surface area contributed by atoms with Gasteiger partial charge in [-0.3, -0.25) is 9.97 Å². The Morgan fingerprint density at radius 2 is 0.971 bits per heavy atom. The van der Waals surface area contributed by atoms with Gasteiger partial charge in [0.25, 0.3) is 0 Å². The molecule has 0 saturated heterocycles. The normalized spacial score (nSPS) is 12.0. The van der Waals surface area contributed by atoms with Gasteiger partial charge in [0, 0.05) is 79.5 Å². The Kier molecular flexibility index (Phi) is 6.17. The average molecular weight is 618 g/mol. The van der Waals surface area contributed by atoms with E-state index in [1.807, 2.05) is 80.9 Å². The van der Waals surface area contributed by atoms with Gasteiger partial charge in [0.2, 0.25) is 0 Å². The summed E-state index contributed by atoms with van der Waals surface area (Å²) in [6.07, 6.45) is 11.0. The van der Waals surface area contributed by atoms with E-state index in [0.29, 0.717) is 0 Å². The van der Waals surface area contributed by atoms with Gasteiger partial charge < -0.3 is 9.62 Å². The SMILES string of the molecule is [B]1N(c2ccc(-c3cccnc3)cn2)c2ccccc2N1c1ccc(-c2cccnc2)cn1.[Ir]. The van der Waals surface area contributed by atoms with E-state index in [0.717, 1.165) is 45.3 Å². The molecule has 0 fully saturated rings. The van der Waals surface area contributed by atoms with Crippen LogP contribution in [0.25, 0.3) is 22.3 Å². The van der Waals surface area contributed by atoms with E-state index >= 15 is 0 Å². The molecule has 0 spiro atoms. The van der Waals surface area contributed by atoms with Crippen molar-refractivity contribution in [3.8, 4) is 22.3 Å². The zero-order chi connectivity index (χ0) is 22.0. The third kappa shape index (κ3) is 4.09. The van der Waals surface area contributed by atoms with Crippen LogP contribution < -0.4 is 9.62 Å². The minimum absolute atomic E-state index is 0. The maximum Gasteiger partial charge on any atom is 0.403 e. The third-order valence-corrected chi connectivity index (χ3v) is 5.61. The molecule has 6 rings (SSSR count). The molecule has 1 aromatic carbocycles. The van der Waals surface area contributed by atoms with Gasteiger partial charge in [-0.05, 0) is 48.5 Å². The van der Waals surface area contributed by atoms with Gasteiger partial charge in [0.1, 0.15) is 11.6 Å². The van der Waals surface area contributed by atoms with Crippen molar-refractivity contribution in [2.24, 2.45) is 0 Å². The van der Waals surface area contributed by atoms with Gasteiger partial charge in [0.15, 0.2) is 0 Å². The Hall–Kier alpha value is -3.87. The van der Waals surface area contributed by atoms with E-state index in [1.165, 1.54) is 0 Å². The van der Waals surface area contributed by atoms with Gasteiger partial charge in [-0.15, -0.1) is 0 Å². The van der Waals surface area contributed by atoms with Crippen molar-refractivity contribution >= 4 is 30.6 Å². The number of benzene rings is 1. The summed E-state index contributed by atoms with van der Waals surface area (Å²) >= 11 is 0. The van der Waals surface area contributed by atoms with Crippen LogP contribution in [0.3, 0.4) is 0 Å². The first-order chi connectivity index (χ1) is 16.4. The van der Waals surface area contributed by atoms with Gasteiger partial charge in [-0.25, -0.2) is 9.97 Å². The Morgan fingerprint density at radius 1 is 0.500 bits per heavy atom. The monoisotopic (exact) mass is 618 g/mol. The third-order valence-electron chi connectivity index (χ3n) is 5.61. The molecule has 1 aliphatic heterocycles. The smallest absolute Gasteiger partial charge is 0.351 e. The van der Waals surface area contributed by atoms with E-state index in [2.05, 4.69) is 43.9 Å². The van der Waals surface area contributed by atoms with Crippen LogP contribution in [0.5, 0.6) is 0 Å². The summed E-state index contributed by atoms with van der Waals surface area (Å²) in [6.45, 7) is 0. The molecule has 0 bridgehead atoms. The predicted molar refractivity (Wildman–Crippen MR) is 131 cm³/mol. The van der Waals surface area contributed by atoms with Gasteiger partial charge in [0.05, 0.1) is 11.4 Å². The molecule has 6 nitrogen and oxygen atoms in total. The fourth-order valence-electron chi connectivity index (χ4n) is 3.94. The Labute approximate surface area is 212 Å². The number of fused-ring (bicyclic) bond motifs is 1. The molecule has 5 aromatic rings. The molecule has 0 atom stereocenters. The summed E-state index contributed by atoms with van der Waals surface area (Å²) in [7, 11) is 2.03. The van der Waals surface area contributed by atoms with Crippen molar-refractivity contribution in [3.63, 3.8) is 0 Å². The zero-order valence-corrected chi connectivity index (χ0v) is 20.4. The van der Waals surface area contributed by atoms with Gasteiger partial charge >= 0.3 is 7.55 Å². The molecular weight excluding hydrogens is 599 g/mol. The standard InChI is InChI=1S/C26H18BN6.Ir/c1-2-8-24-23(7-1)32(25-11-9-21(17-30-25)19-5-3-13-28-15-19)27-33(24)26-12-10-22(18-31-26)20-6-4-14-29-16-20;/h1-18H;. The molecule has 164 valence electrons. The number of hydrogen-bond donors (Lipinski definition) is 0. The molecule has 2 radical (unpaired) electrons. The van der Waals surface area contributed by atoms with E-state index in [9.17, 15) is 0 Å². The predicted octanol–water partition coefficient (Wildman–Crippen LogP) is 5.42. The molecule has 1 aliphatic rings. The van der Waals surface area contributed by atoms with Crippen LogP contribution in [0.1, 0.15) is 0 Å². The van der Waals surface area contributed by atoms with Crippen molar-refractivity contribution < 1.29 is 20.1 Å². The number of anilines is 4. The van der Waals surface area contributed by atoms with E-state index in [-0.39, 0.29) is 20.1 Å². The van der Waals surface area contributed by atoms with Crippen LogP contribution in [0, 0.1) is 0 Å². The van der Waals surface area contributed by atoms with Gasteiger partial charge in [-0.1, -0.05) is 24.3 Å². The molecule has 34 heavy (non-hydrogen) atoms. The number of rotatable bonds is 4. The van der Waals surface area contributed by atoms with Crippen molar-refractivity contribution in [1.29, 1.82) is 0 Å². The minimum atomic E-state index is 0. The maximum atomic E-state index is 4.73. The molecule has 0 unspecified atom stereocenters. The first-order valence-corrected chi connectivity index (χ1v) is 10.6. The molecule has 0 N–H and O–H groups in total. The van der Waals surface area contributed by atoms with Gasteiger partial charge in [-0.2, -0.15) is 0 Å². The van der Waals surface area contributed by atoms with Crippen molar-refractivity contribution in [3.05, 3.63) is 110 Å². The minimum Gasteiger partial charge on any atom is -0.351 e. The van der Waals surface area contributed by atoms with Crippen LogP contribution in [0.2, 0.25) is 0 Å².